The van der Waals surface area contributed by atoms with Gasteiger partial charge in [-0.3, -0.25) is 0 Å². The first-order valence-corrected chi connectivity index (χ1v) is 4.32. The SMILES string of the molecule is C1=CCC/C=C/C=C\C=C\C=C/1. The normalized spacial score (nSPS) is 28.0. The molecule has 12 heavy (non-hydrogen) atoms. The first-order chi connectivity index (χ1) is 6.00. The quantitative estimate of drug-likeness (QED) is 0.505. The Bertz CT molecular complexity index is 211. The van der Waals surface area contributed by atoms with Gasteiger partial charge < -0.3 is 0 Å². The van der Waals surface area contributed by atoms with Gasteiger partial charge >= 0.3 is 0 Å². The van der Waals surface area contributed by atoms with Gasteiger partial charge in [0.1, 0.15) is 0 Å². The molecule has 0 bridgehead atoms. The number of allylic oxidation sites excluding steroid dienone is 10. The maximum atomic E-state index is 2.18. The number of hydrogen-bond acceptors (Lipinski definition) is 0. The minimum Gasteiger partial charge on any atom is -0.0842 e. The Morgan fingerprint density at radius 3 is 1.17 bits per heavy atom. The molecule has 0 aromatic rings. The molecule has 0 unspecified atom stereocenters. The molecular weight excluding hydrogens is 144 g/mol. The molecule has 0 aromatic carbocycles. The van der Waals surface area contributed by atoms with Crippen molar-refractivity contribution in [1.82, 2.24) is 0 Å². The fraction of sp³-hybridized carbons (Fsp3) is 0.167. The van der Waals surface area contributed by atoms with E-state index in [2.05, 4.69) is 36.5 Å². The molecule has 0 aromatic heterocycles. The Kier molecular flexibility index (Phi) is 4.70. The molecule has 1 aliphatic rings. The third kappa shape index (κ3) is 4.51. The lowest BCUT2D eigenvalue weighted by molar-refractivity contribution is 1.05. The zero-order valence-corrected chi connectivity index (χ0v) is 7.19. The molecule has 0 fully saturated rings. The van der Waals surface area contributed by atoms with Crippen LogP contribution in [0.25, 0.3) is 0 Å². The summed E-state index contributed by atoms with van der Waals surface area (Å²) in [4.78, 5) is 0. The molecule has 62 valence electrons. The van der Waals surface area contributed by atoms with Crippen molar-refractivity contribution >= 4 is 0 Å². The van der Waals surface area contributed by atoms with E-state index >= 15 is 0 Å². The summed E-state index contributed by atoms with van der Waals surface area (Å²) in [5.74, 6) is 0. The molecule has 0 atom stereocenters. The van der Waals surface area contributed by atoms with Crippen LogP contribution in [0.15, 0.2) is 60.8 Å². The van der Waals surface area contributed by atoms with Gasteiger partial charge in [0.2, 0.25) is 0 Å². The van der Waals surface area contributed by atoms with E-state index in [9.17, 15) is 0 Å². The van der Waals surface area contributed by atoms with Gasteiger partial charge in [0.05, 0.1) is 0 Å². The molecule has 0 saturated carbocycles. The van der Waals surface area contributed by atoms with E-state index in [0.29, 0.717) is 0 Å². The first kappa shape index (κ1) is 8.79. The summed E-state index contributed by atoms with van der Waals surface area (Å²) in [7, 11) is 0. The van der Waals surface area contributed by atoms with Gasteiger partial charge in [0.25, 0.3) is 0 Å². The highest BCUT2D eigenvalue weighted by Gasteiger charge is 1.74. The fourth-order valence-corrected chi connectivity index (χ4v) is 0.927. The van der Waals surface area contributed by atoms with Crippen molar-refractivity contribution in [3.05, 3.63) is 60.8 Å². The monoisotopic (exact) mass is 158 g/mol. The van der Waals surface area contributed by atoms with Crippen LogP contribution in [0.4, 0.5) is 0 Å². The minimum atomic E-state index is 1.12. The standard InChI is InChI=1S/C12H14/c1-2-4-6-8-10-12-11-9-7-5-3-1/h1-10H,11-12H2/b2-1+,5-3-,6-4-,9-7+,10-8?. The molecule has 0 N–H and O–H groups in total. The maximum absolute atomic E-state index is 2.18. The highest BCUT2D eigenvalue weighted by Crippen LogP contribution is 1.95. The molecule has 0 radical (unpaired) electrons. The second-order valence-corrected chi connectivity index (χ2v) is 2.59. The molecule has 0 nitrogen and oxygen atoms in total. The summed E-state index contributed by atoms with van der Waals surface area (Å²) < 4.78 is 0. The molecule has 0 heteroatoms. The van der Waals surface area contributed by atoms with E-state index in [1.807, 2.05) is 24.3 Å². The van der Waals surface area contributed by atoms with E-state index in [0.717, 1.165) is 12.8 Å². The van der Waals surface area contributed by atoms with E-state index in [1.165, 1.54) is 0 Å². The summed E-state index contributed by atoms with van der Waals surface area (Å²) in [5, 5.41) is 0. The van der Waals surface area contributed by atoms with Crippen molar-refractivity contribution < 1.29 is 0 Å². The van der Waals surface area contributed by atoms with Crippen LogP contribution in [0, 0.1) is 0 Å². The first-order valence-electron chi connectivity index (χ1n) is 4.32. The lowest BCUT2D eigenvalue weighted by Gasteiger charge is -1.84. The van der Waals surface area contributed by atoms with Gasteiger partial charge in [-0.25, -0.2) is 0 Å². The Morgan fingerprint density at radius 1 is 0.417 bits per heavy atom. The lowest BCUT2D eigenvalue weighted by Crippen LogP contribution is -1.64. The molecule has 0 spiro atoms. The summed E-state index contributed by atoms with van der Waals surface area (Å²) in [5.41, 5.74) is 0. The summed E-state index contributed by atoms with van der Waals surface area (Å²) >= 11 is 0. The third-order valence-corrected chi connectivity index (χ3v) is 1.55. The van der Waals surface area contributed by atoms with E-state index < -0.39 is 0 Å². The van der Waals surface area contributed by atoms with Crippen molar-refractivity contribution in [3.8, 4) is 0 Å². The molecule has 1 rings (SSSR count). The molecular formula is C12H14. The van der Waals surface area contributed by atoms with Crippen molar-refractivity contribution in [3.63, 3.8) is 0 Å². The smallest absolute Gasteiger partial charge is 0.0313 e. The van der Waals surface area contributed by atoms with E-state index in [1.54, 1.807) is 0 Å². The predicted octanol–water partition coefficient (Wildman–Crippen LogP) is 3.56. The molecule has 1 aliphatic carbocycles. The fourth-order valence-electron chi connectivity index (χ4n) is 0.927. The predicted molar refractivity (Wildman–Crippen MR) is 54.9 cm³/mol. The molecule has 0 amide bonds. The number of rotatable bonds is 0. The van der Waals surface area contributed by atoms with Crippen molar-refractivity contribution in [2.75, 3.05) is 0 Å². The Balaban J connectivity index is 2.55. The number of hydrogen-bond donors (Lipinski definition) is 0. The Labute approximate surface area is 74.3 Å². The van der Waals surface area contributed by atoms with Crippen molar-refractivity contribution in [1.29, 1.82) is 0 Å². The lowest BCUT2D eigenvalue weighted by atomic mass is 10.2. The Morgan fingerprint density at radius 2 is 0.750 bits per heavy atom. The largest absolute Gasteiger partial charge is 0.0842 e. The average Bonchev–Trinajstić information content (AvgIpc) is 2.05. The van der Waals surface area contributed by atoms with Gasteiger partial charge in [-0.15, -0.1) is 0 Å². The van der Waals surface area contributed by atoms with Crippen molar-refractivity contribution in [2.45, 2.75) is 12.8 Å². The van der Waals surface area contributed by atoms with Crippen LogP contribution in [0.3, 0.4) is 0 Å². The van der Waals surface area contributed by atoms with Gasteiger partial charge in [0.15, 0.2) is 0 Å². The van der Waals surface area contributed by atoms with Gasteiger partial charge in [-0.1, -0.05) is 60.8 Å². The highest BCUT2D eigenvalue weighted by atomic mass is 13.8. The zero-order chi connectivity index (χ0) is 8.49. The van der Waals surface area contributed by atoms with E-state index in [4.69, 9.17) is 0 Å². The van der Waals surface area contributed by atoms with Crippen LogP contribution in [0.1, 0.15) is 12.8 Å². The highest BCUT2D eigenvalue weighted by molar-refractivity contribution is 5.18. The van der Waals surface area contributed by atoms with Gasteiger partial charge in [-0.05, 0) is 12.8 Å². The third-order valence-electron chi connectivity index (χ3n) is 1.55. The Hall–Kier alpha value is -1.30. The van der Waals surface area contributed by atoms with Crippen LogP contribution in [-0.4, -0.2) is 0 Å². The summed E-state index contributed by atoms with van der Waals surface area (Å²) in [6.45, 7) is 0. The molecule has 0 aliphatic heterocycles. The van der Waals surface area contributed by atoms with Crippen LogP contribution >= 0.6 is 0 Å². The average molecular weight is 158 g/mol. The minimum absolute atomic E-state index is 1.12. The zero-order valence-electron chi connectivity index (χ0n) is 7.19. The van der Waals surface area contributed by atoms with Gasteiger partial charge in [-0.2, -0.15) is 0 Å². The van der Waals surface area contributed by atoms with Crippen LogP contribution in [-0.2, 0) is 0 Å². The van der Waals surface area contributed by atoms with Crippen molar-refractivity contribution in [2.24, 2.45) is 0 Å². The second-order valence-electron chi connectivity index (χ2n) is 2.59. The molecule has 0 saturated heterocycles. The second kappa shape index (κ2) is 6.41. The van der Waals surface area contributed by atoms with Crippen LogP contribution < -0.4 is 0 Å². The van der Waals surface area contributed by atoms with E-state index in [-0.39, 0.29) is 0 Å². The summed E-state index contributed by atoms with van der Waals surface area (Å²) in [6, 6.07) is 0. The van der Waals surface area contributed by atoms with Crippen LogP contribution in [0.5, 0.6) is 0 Å². The maximum Gasteiger partial charge on any atom is -0.0313 e. The topological polar surface area (TPSA) is 0 Å². The molecule has 0 heterocycles. The summed E-state index contributed by atoms with van der Waals surface area (Å²) in [6.07, 6.45) is 23.0. The van der Waals surface area contributed by atoms with Crippen LogP contribution in [0.2, 0.25) is 0 Å². The van der Waals surface area contributed by atoms with Gasteiger partial charge in [0, 0.05) is 0 Å².